The van der Waals surface area contributed by atoms with Crippen molar-refractivity contribution in [2.24, 2.45) is 0 Å². The lowest BCUT2D eigenvalue weighted by Crippen LogP contribution is -2.03. The Morgan fingerprint density at radius 1 is 0.510 bits per heavy atom. The molecule has 0 N–H and O–H groups in total. The van der Waals surface area contributed by atoms with Crippen LogP contribution in [-0.2, 0) is 0 Å². The van der Waals surface area contributed by atoms with Crippen LogP contribution in [0.3, 0.4) is 0 Å². The van der Waals surface area contributed by atoms with Crippen molar-refractivity contribution in [2.75, 3.05) is 0 Å². The molecule has 2 aliphatic rings. The fourth-order valence-electron chi connectivity index (χ4n) is 8.56. The van der Waals surface area contributed by atoms with Crippen LogP contribution in [0.15, 0.2) is 167 Å². The van der Waals surface area contributed by atoms with Crippen LogP contribution in [0.4, 0.5) is 0 Å². The summed E-state index contributed by atoms with van der Waals surface area (Å²) < 4.78 is 15.5. The fraction of sp³-hybridized carbons (Fsp3) is 0.0833. The molecule has 0 bridgehead atoms. The predicted octanol–water partition coefficient (Wildman–Crippen LogP) is 13.2. The molecule has 2 aliphatic carbocycles. The summed E-state index contributed by atoms with van der Waals surface area (Å²) in [5.41, 5.74) is 12.4. The Morgan fingerprint density at radius 2 is 1.29 bits per heavy atom. The molecule has 3 heterocycles. The Balaban J connectivity index is 1.05. The number of furan rings is 2. The lowest BCUT2D eigenvalue weighted by molar-refractivity contribution is 0.516. The van der Waals surface area contributed by atoms with Gasteiger partial charge in [-0.15, -0.1) is 0 Å². The standard InChI is InChI=1S/C48H33NO2/c1-3-10-30(11-4-1)32-19-24-43-41(26-32)42-27-33(31-12-5-2-6-13-31)20-25-44(42)49(43)35-21-23-39-38-22-18-34(28-46(38)50-47(39)29-35)36-15-9-16-40-37-14-7-8-17-45(37)51-48(36)40/h1-12,14,16-29,31,36H,13,15H2. The maximum atomic E-state index is 6.69. The second kappa shape index (κ2) is 11.1. The van der Waals surface area contributed by atoms with Gasteiger partial charge in [0.1, 0.15) is 22.5 Å². The minimum absolute atomic E-state index is 0.147. The van der Waals surface area contributed by atoms with Gasteiger partial charge in [-0.25, -0.2) is 0 Å². The SMILES string of the molecule is C1=CCC(c2ccc3c(c2)c2cc(-c4ccccc4)ccc2n3-c2ccc3c(c2)oc2cc(C4CC=Cc5c4oc4ccccc54)ccc23)C=C1. The number of para-hydroxylation sites is 1. The van der Waals surface area contributed by atoms with Crippen molar-refractivity contribution in [3.05, 3.63) is 180 Å². The molecule has 242 valence electrons. The van der Waals surface area contributed by atoms with Crippen molar-refractivity contribution in [2.45, 2.75) is 24.7 Å². The molecule has 2 atom stereocenters. The second-order valence-electron chi connectivity index (χ2n) is 14.0. The van der Waals surface area contributed by atoms with E-state index < -0.39 is 0 Å². The van der Waals surface area contributed by atoms with Gasteiger partial charge >= 0.3 is 0 Å². The van der Waals surface area contributed by atoms with E-state index in [9.17, 15) is 0 Å². The molecule has 3 heteroatoms. The number of fused-ring (bicyclic) bond motifs is 9. The maximum absolute atomic E-state index is 6.69. The van der Waals surface area contributed by atoms with Crippen LogP contribution in [0.5, 0.6) is 0 Å². The van der Waals surface area contributed by atoms with Gasteiger partial charge in [-0.05, 0) is 83.6 Å². The van der Waals surface area contributed by atoms with Crippen LogP contribution >= 0.6 is 0 Å². The first-order valence-corrected chi connectivity index (χ1v) is 17.9. The van der Waals surface area contributed by atoms with Crippen molar-refractivity contribution >= 4 is 60.8 Å². The fourth-order valence-corrected chi connectivity index (χ4v) is 8.56. The topological polar surface area (TPSA) is 31.2 Å². The second-order valence-corrected chi connectivity index (χ2v) is 14.0. The average Bonchev–Trinajstić information content (AvgIpc) is 3.86. The first-order valence-electron chi connectivity index (χ1n) is 17.9. The number of hydrogen-bond acceptors (Lipinski definition) is 2. The van der Waals surface area contributed by atoms with Gasteiger partial charge in [-0.1, -0.05) is 109 Å². The first-order chi connectivity index (χ1) is 25.3. The summed E-state index contributed by atoms with van der Waals surface area (Å²) >= 11 is 0. The zero-order valence-corrected chi connectivity index (χ0v) is 27.9. The van der Waals surface area contributed by atoms with Gasteiger partial charge in [0, 0.05) is 56.1 Å². The molecule has 3 aromatic heterocycles. The summed E-state index contributed by atoms with van der Waals surface area (Å²) in [7, 11) is 0. The molecular weight excluding hydrogens is 623 g/mol. The van der Waals surface area contributed by atoms with Crippen molar-refractivity contribution < 1.29 is 8.83 Å². The van der Waals surface area contributed by atoms with Crippen LogP contribution in [0.2, 0.25) is 0 Å². The molecule has 6 aromatic carbocycles. The molecular formula is C48H33NO2. The Bertz CT molecular complexity index is 2930. The zero-order valence-electron chi connectivity index (χ0n) is 27.9. The quantitative estimate of drug-likeness (QED) is 0.189. The van der Waals surface area contributed by atoms with Crippen molar-refractivity contribution in [3.63, 3.8) is 0 Å². The molecule has 11 rings (SSSR count). The van der Waals surface area contributed by atoms with E-state index in [1.807, 2.05) is 6.07 Å². The van der Waals surface area contributed by atoms with Crippen LogP contribution in [0, 0.1) is 0 Å². The molecule has 0 radical (unpaired) electrons. The Hall–Kier alpha value is -6.32. The molecule has 0 fully saturated rings. The Kier molecular flexibility index (Phi) is 6.20. The van der Waals surface area contributed by atoms with E-state index in [1.165, 1.54) is 55.0 Å². The minimum Gasteiger partial charge on any atom is -0.460 e. The number of nitrogens with zero attached hydrogens (tertiary/aromatic N) is 1. The van der Waals surface area contributed by atoms with E-state index in [1.54, 1.807) is 0 Å². The first kappa shape index (κ1) is 28.5. The third-order valence-electron chi connectivity index (χ3n) is 11.1. The van der Waals surface area contributed by atoms with Crippen LogP contribution < -0.4 is 0 Å². The molecule has 0 aliphatic heterocycles. The summed E-state index contributed by atoms with van der Waals surface area (Å²) in [5.74, 6) is 1.57. The summed E-state index contributed by atoms with van der Waals surface area (Å²) in [6, 6.07) is 46.3. The molecule has 0 saturated carbocycles. The molecule has 0 amide bonds. The number of rotatable bonds is 4. The number of benzene rings is 6. The molecule has 0 spiro atoms. The van der Waals surface area contributed by atoms with Gasteiger partial charge in [0.2, 0.25) is 0 Å². The third kappa shape index (κ3) is 4.44. The van der Waals surface area contributed by atoms with Crippen molar-refractivity contribution in [1.82, 2.24) is 4.57 Å². The largest absolute Gasteiger partial charge is 0.460 e. The van der Waals surface area contributed by atoms with Gasteiger partial charge in [0.05, 0.1) is 11.0 Å². The lowest BCUT2D eigenvalue weighted by Gasteiger charge is -2.17. The molecule has 0 saturated heterocycles. The van der Waals surface area contributed by atoms with Gasteiger partial charge in [-0.3, -0.25) is 0 Å². The molecule has 51 heavy (non-hydrogen) atoms. The lowest BCUT2D eigenvalue weighted by atomic mass is 9.86. The highest BCUT2D eigenvalue weighted by Gasteiger charge is 2.26. The van der Waals surface area contributed by atoms with Crippen LogP contribution in [0.25, 0.3) is 77.6 Å². The summed E-state index contributed by atoms with van der Waals surface area (Å²) in [4.78, 5) is 0. The van der Waals surface area contributed by atoms with E-state index in [4.69, 9.17) is 8.83 Å². The number of allylic oxidation sites excluding steroid dienone is 5. The van der Waals surface area contributed by atoms with E-state index in [0.717, 1.165) is 51.8 Å². The van der Waals surface area contributed by atoms with Gasteiger partial charge in [0.25, 0.3) is 0 Å². The van der Waals surface area contributed by atoms with E-state index in [2.05, 4.69) is 162 Å². The summed E-state index contributed by atoms with van der Waals surface area (Å²) in [6.07, 6.45) is 15.3. The Morgan fingerprint density at radius 3 is 2.18 bits per heavy atom. The Labute approximate surface area is 295 Å². The van der Waals surface area contributed by atoms with E-state index in [-0.39, 0.29) is 5.92 Å². The smallest absolute Gasteiger partial charge is 0.137 e. The number of hydrogen-bond donors (Lipinski definition) is 0. The predicted molar refractivity (Wildman–Crippen MR) is 211 cm³/mol. The normalized spacial score (nSPS) is 17.0. The monoisotopic (exact) mass is 655 g/mol. The minimum atomic E-state index is 0.147. The van der Waals surface area contributed by atoms with Gasteiger partial charge in [-0.2, -0.15) is 0 Å². The highest BCUT2D eigenvalue weighted by atomic mass is 16.3. The molecule has 3 nitrogen and oxygen atoms in total. The van der Waals surface area contributed by atoms with Gasteiger partial charge in [0.15, 0.2) is 0 Å². The van der Waals surface area contributed by atoms with E-state index in [0.29, 0.717) is 5.92 Å². The number of aromatic nitrogens is 1. The molecule has 9 aromatic rings. The zero-order chi connectivity index (χ0) is 33.5. The summed E-state index contributed by atoms with van der Waals surface area (Å²) in [6.45, 7) is 0. The summed E-state index contributed by atoms with van der Waals surface area (Å²) in [5, 5.41) is 5.95. The third-order valence-corrected chi connectivity index (χ3v) is 11.1. The van der Waals surface area contributed by atoms with Crippen molar-refractivity contribution in [1.29, 1.82) is 0 Å². The van der Waals surface area contributed by atoms with E-state index >= 15 is 0 Å². The van der Waals surface area contributed by atoms with Gasteiger partial charge < -0.3 is 13.4 Å². The highest BCUT2D eigenvalue weighted by Crippen LogP contribution is 2.43. The van der Waals surface area contributed by atoms with Crippen LogP contribution in [-0.4, -0.2) is 4.57 Å². The maximum Gasteiger partial charge on any atom is 0.137 e. The van der Waals surface area contributed by atoms with Crippen molar-refractivity contribution in [3.8, 4) is 16.8 Å². The average molecular weight is 656 g/mol. The molecule has 2 unspecified atom stereocenters. The highest BCUT2D eigenvalue weighted by molar-refractivity contribution is 6.11. The van der Waals surface area contributed by atoms with Crippen LogP contribution in [0.1, 0.15) is 47.1 Å².